The molecule has 0 amide bonds. The summed E-state index contributed by atoms with van der Waals surface area (Å²) >= 11 is 1.73. The zero-order chi connectivity index (χ0) is 10.1. The van der Waals surface area contributed by atoms with E-state index in [9.17, 15) is 0 Å². The molecule has 2 aromatic rings. The van der Waals surface area contributed by atoms with E-state index in [2.05, 4.69) is 46.8 Å². The van der Waals surface area contributed by atoms with Crippen molar-refractivity contribution in [1.29, 1.82) is 0 Å². The molecule has 3 rings (SSSR count). The van der Waals surface area contributed by atoms with Gasteiger partial charge in [0.2, 0.25) is 0 Å². The van der Waals surface area contributed by atoms with Crippen LogP contribution in [0.25, 0.3) is 11.5 Å². The second-order valence-electron chi connectivity index (χ2n) is 3.40. The zero-order valence-corrected chi connectivity index (χ0v) is 8.87. The number of fused-ring (bicyclic) bond motifs is 2. The minimum absolute atomic E-state index is 1.05. The van der Waals surface area contributed by atoms with E-state index in [4.69, 9.17) is 0 Å². The summed E-state index contributed by atoms with van der Waals surface area (Å²) in [5, 5.41) is 4.35. The lowest BCUT2D eigenvalue weighted by Gasteiger charge is -1.98. The van der Waals surface area contributed by atoms with E-state index in [0.717, 1.165) is 5.35 Å². The van der Waals surface area contributed by atoms with Gasteiger partial charge in [-0.2, -0.15) is 0 Å². The quantitative estimate of drug-likeness (QED) is 0.658. The SMILES string of the molecule is C1=c2cccnc2=CSc2ccccc21. The Morgan fingerprint density at radius 1 is 1.00 bits per heavy atom. The summed E-state index contributed by atoms with van der Waals surface area (Å²) in [5.41, 5.74) is 1.27. The van der Waals surface area contributed by atoms with Crippen LogP contribution in [0.2, 0.25) is 0 Å². The summed E-state index contributed by atoms with van der Waals surface area (Å²) in [4.78, 5) is 5.64. The topological polar surface area (TPSA) is 12.9 Å². The maximum absolute atomic E-state index is 4.35. The molecule has 72 valence electrons. The molecule has 0 fully saturated rings. The smallest absolute Gasteiger partial charge is 0.0768 e. The number of rotatable bonds is 0. The van der Waals surface area contributed by atoms with E-state index in [1.807, 2.05) is 12.3 Å². The monoisotopic (exact) mass is 211 g/mol. The molecule has 2 heterocycles. The molecular weight excluding hydrogens is 202 g/mol. The first kappa shape index (κ1) is 8.74. The van der Waals surface area contributed by atoms with Gasteiger partial charge < -0.3 is 0 Å². The number of thioether (sulfide) groups is 1. The molecule has 15 heavy (non-hydrogen) atoms. The second kappa shape index (κ2) is 3.55. The molecule has 0 N–H and O–H groups in total. The molecule has 0 spiro atoms. The van der Waals surface area contributed by atoms with E-state index in [0.29, 0.717) is 0 Å². The zero-order valence-electron chi connectivity index (χ0n) is 8.05. The molecule has 1 aromatic heterocycles. The average Bonchev–Trinajstić information content (AvgIpc) is 2.48. The minimum atomic E-state index is 1.05. The fraction of sp³-hybridized carbons (Fsp3) is 0. The van der Waals surface area contributed by atoms with E-state index >= 15 is 0 Å². The van der Waals surface area contributed by atoms with Crippen LogP contribution >= 0.6 is 11.8 Å². The molecule has 0 saturated heterocycles. The Bertz CT molecular complexity index is 616. The van der Waals surface area contributed by atoms with Gasteiger partial charge in [-0.3, -0.25) is 4.98 Å². The van der Waals surface area contributed by atoms with Crippen LogP contribution in [0.1, 0.15) is 5.56 Å². The highest BCUT2D eigenvalue weighted by atomic mass is 32.2. The third-order valence-electron chi connectivity index (χ3n) is 2.40. The highest BCUT2D eigenvalue weighted by molar-refractivity contribution is 8.06. The fourth-order valence-corrected chi connectivity index (χ4v) is 2.50. The summed E-state index contributed by atoms with van der Waals surface area (Å²) in [6.07, 6.45) is 4.02. The van der Waals surface area contributed by atoms with Crippen molar-refractivity contribution in [2.75, 3.05) is 0 Å². The molecule has 1 aliphatic rings. The van der Waals surface area contributed by atoms with Gasteiger partial charge in [-0.1, -0.05) is 36.0 Å². The molecule has 0 atom stereocenters. The number of benzene rings is 1. The summed E-state index contributed by atoms with van der Waals surface area (Å²) in [6, 6.07) is 12.5. The standard InChI is InChI=1S/C13H9NS/c1-2-6-13-11(4-1)8-10-5-3-7-14-12(10)9-15-13/h1-9H. The molecule has 0 radical (unpaired) electrons. The highest BCUT2D eigenvalue weighted by Gasteiger charge is 2.01. The van der Waals surface area contributed by atoms with Crippen molar-refractivity contribution in [2.45, 2.75) is 4.90 Å². The Morgan fingerprint density at radius 3 is 2.93 bits per heavy atom. The predicted octanol–water partition coefficient (Wildman–Crippen LogP) is 1.75. The summed E-state index contributed by atoms with van der Waals surface area (Å²) in [7, 11) is 0. The molecule has 0 bridgehead atoms. The van der Waals surface area contributed by atoms with Crippen molar-refractivity contribution < 1.29 is 0 Å². The molecule has 1 aliphatic heterocycles. The number of hydrogen-bond acceptors (Lipinski definition) is 2. The van der Waals surface area contributed by atoms with Gasteiger partial charge in [-0.05, 0) is 23.8 Å². The molecule has 0 aliphatic carbocycles. The van der Waals surface area contributed by atoms with E-state index in [-0.39, 0.29) is 0 Å². The largest absolute Gasteiger partial charge is 0.256 e. The van der Waals surface area contributed by atoms with Gasteiger partial charge in [-0.15, -0.1) is 0 Å². The van der Waals surface area contributed by atoms with E-state index < -0.39 is 0 Å². The minimum Gasteiger partial charge on any atom is -0.256 e. The van der Waals surface area contributed by atoms with Crippen LogP contribution in [0.5, 0.6) is 0 Å². The van der Waals surface area contributed by atoms with E-state index in [1.54, 1.807) is 11.8 Å². The van der Waals surface area contributed by atoms with Crippen LogP contribution in [0.15, 0.2) is 47.5 Å². The molecule has 0 unspecified atom stereocenters. The van der Waals surface area contributed by atoms with Crippen molar-refractivity contribution in [3.8, 4) is 0 Å². The van der Waals surface area contributed by atoms with Gasteiger partial charge in [-0.25, -0.2) is 0 Å². The lowest BCUT2D eigenvalue weighted by Crippen LogP contribution is -2.26. The summed E-state index contributed by atoms with van der Waals surface area (Å²) in [6.45, 7) is 0. The van der Waals surface area contributed by atoms with Crippen LogP contribution in [-0.4, -0.2) is 4.98 Å². The summed E-state index contributed by atoms with van der Waals surface area (Å²) in [5.74, 6) is 0. The summed E-state index contributed by atoms with van der Waals surface area (Å²) < 4.78 is 0. The van der Waals surface area contributed by atoms with Crippen LogP contribution in [0.3, 0.4) is 0 Å². The molecule has 1 aromatic carbocycles. The Morgan fingerprint density at radius 2 is 1.93 bits per heavy atom. The third kappa shape index (κ3) is 1.57. The van der Waals surface area contributed by atoms with Gasteiger partial charge in [0.25, 0.3) is 0 Å². The average molecular weight is 211 g/mol. The highest BCUT2D eigenvalue weighted by Crippen LogP contribution is 2.24. The molecular formula is C13H9NS. The Balaban J connectivity index is 2.36. The normalized spacial score (nSPS) is 12.8. The first-order valence-corrected chi connectivity index (χ1v) is 5.70. The lowest BCUT2D eigenvalue weighted by molar-refractivity contribution is 1.23. The van der Waals surface area contributed by atoms with Gasteiger partial charge in [0.1, 0.15) is 0 Å². The van der Waals surface area contributed by atoms with Crippen LogP contribution < -0.4 is 10.6 Å². The Kier molecular flexibility index (Phi) is 2.07. The maximum atomic E-state index is 4.35. The van der Waals surface area contributed by atoms with Gasteiger partial charge >= 0.3 is 0 Å². The first-order chi connectivity index (χ1) is 7.43. The number of hydrogen-bond donors (Lipinski definition) is 0. The number of aromatic nitrogens is 1. The molecule has 2 heteroatoms. The Labute approximate surface area is 92.2 Å². The van der Waals surface area contributed by atoms with Crippen LogP contribution in [0, 0.1) is 0 Å². The fourth-order valence-electron chi connectivity index (χ4n) is 1.64. The van der Waals surface area contributed by atoms with Crippen molar-refractivity contribution in [1.82, 2.24) is 4.98 Å². The molecule has 1 nitrogen and oxygen atoms in total. The second-order valence-corrected chi connectivity index (χ2v) is 4.31. The van der Waals surface area contributed by atoms with Gasteiger partial charge in [0.15, 0.2) is 0 Å². The van der Waals surface area contributed by atoms with Gasteiger partial charge in [0.05, 0.1) is 5.35 Å². The number of nitrogens with zero attached hydrogens (tertiary/aromatic N) is 1. The third-order valence-corrected chi connectivity index (χ3v) is 3.37. The van der Waals surface area contributed by atoms with Crippen molar-refractivity contribution >= 4 is 23.2 Å². The van der Waals surface area contributed by atoms with Gasteiger partial charge in [0, 0.05) is 21.7 Å². The van der Waals surface area contributed by atoms with Crippen molar-refractivity contribution in [3.63, 3.8) is 0 Å². The van der Waals surface area contributed by atoms with E-state index in [1.165, 1.54) is 15.7 Å². The molecule has 0 saturated carbocycles. The Hall–Kier alpha value is -1.54. The maximum Gasteiger partial charge on any atom is 0.0768 e. The van der Waals surface area contributed by atoms with Crippen LogP contribution in [0.4, 0.5) is 0 Å². The van der Waals surface area contributed by atoms with Crippen molar-refractivity contribution in [3.05, 3.63) is 58.7 Å². The van der Waals surface area contributed by atoms with Crippen molar-refractivity contribution in [2.24, 2.45) is 0 Å². The van der Waals surface area contributed by atoms with Crippen LogP contribution in [-0.2, 0) is 0 Å². The first-order valence-electron chi connectivity index (χ1n) is 4.82. The number of pyridine rings is 1. The predicted molar refractivity (Wildman–Crippen MR) is 63.8 cm³/mol. The lowest BCUT2D eigenvalue weighted by atomic mass is 10.2.